The van der Waals surface area contributed by atoms with Crippen LogP contribution in [0.3, 0.4) is 0 Å². The van der Waals surface area contributed by atoms with E-state index in [1.165, 1.54) is 5.56 Å². The lowest BCUT2D eigenvalue weighted by Crippen LogP contribution is -2.02. The van der Waals surface area contributed by atoms with Gasteiger partial charge in [0, 0.05) is 0 Å². The van der Waals surface area contributed by atoms with Crippen molar-refractivity contribution in [3.8, 4) is 11.1 Å². The monoisotopic (exact) mass is 208 g/mol. The summed E-state index contributed by atoms with van der Waals surface area (Å²) < 4.78 is 0. The predicted octanol–water partition coefficient (Wildman–Crippen LogP) is 1.95. The summed E-state index contributed by atoms with van der Waals surface area (Å²) in [5.41, 5.74) is 5.20. The topological polar surface area (TPSA) is 20.2 Å². The van der Waals surface area contributed by atoms with Gasteiger partial charge in [-0.15, -0.1) is 0 Å². The molecule has 0 fully saturated rings. The molecule has 0 aromatic heterocycles. The van der Waals surface area contributed by atoms with Crippen molar-refractivity contribution < 1.29 is 5.11 Å². The molecule has 1 nitrogen and oxygen atoms in total. The lowest BCUT2D eigenvalue weighted by Gasteiger charge is -2.07. The van der Waals surface area contributed by atoms with Crippen LogP contribution in [0, 0.1) is 6.92 Å². The fourth-order valence-corrected chi connectivity index (χ4v) is 1.80. The van der Waals surface area contributed by atoms with Gasteiger partial charge < -0.3 is 5.11 Å². The molecule has 0 saturated heterocycles. The molecule has 2 heteroatoms. The Morgan fingerprint density at radius 3 is 2.31 bits per heavy atom. The van der Waals surface area contributed by atoms with Crippen molar-refractivity contribution in [2.45, 2.75) is 13.5 Å². The molecule has 2 aromatic carbocycles. The Balaban J connectivity index is 2.42. The van der Waals surface area contributed by atoms with Gasteiger partial charge in [-0.05, 0) is 29.2 Å². The SMILES string of the molecule is [B]c1ccc(-c2ccc(CO)cc2)c(C)c1. The first-order valence-corrected chi connectivity index (χ1v) is 5.27. The lowest BCUT2D eigenvalue weighted by molar-refractivity contribution is 0.282. The fourth-order valence-electron chi connectivity index (χ4n) is 1.80. The number of aliphatic hydroxyl groups is 1. The summed E-state index contributed by atoms with van der Waals surface area (Å²) >= 11 is 0. The molecule has 78 valence electrons. The summed E-state index contributed by atoms with van der Waals surface area (Å²) in [6.45, 7) is 2.13. The van der Waals surface area contributed by atoms with Crippen LogP contribution < -0.4 is 5.46 Å². The van der Waals surface area contributed by atoms with Crippen molar-refractivity contribution in [2.75, 3.05) is 0 Å². The summed E-state index contributed by atoms with van der Waals surface area (Å²) in [6, 6.07) is 13.8. The third-order valence-electron chi connectivity index (χ3n) is 2.70. The van der Waals surface area contributed by atoms with E-state index in [0.717, 1.165) is 22.2 Å². The highest BCUT2D eigenvalue weighted by Crippen LogP contribution is 2.22. The Kier molecular flexibility index (Phi) is 3.11. The second-order valence-electron chi connectivity index (χ2n) is 3.93. The molecule has 2 aromatic rings. The first-order valence-electron chi connectivity index (χ1n) is 5.27. The summed E-state index contributed by atoms with van der Waals surface area (Å²) in [5, 5.41) is 8.97. The molecule has 1 N–H and O–H groups in total. The van der Waals surface area contributed by atoms with Gasteiger partial charge in [-0.1, -0.05) is 47.9 Å². The van der Waals surface area contributed by atoms with E-state index in [1.807, 2.05) is 49.4 Å². The van der Waals surface area contributed by atoms with Gasteiger partial charge in [0.05, 0.1) is 6.61 Å². The Labute approximate surface area is 97.2 Å². The van der Waals surface area contributed by atoms with E-state index in [0.29, 0.717) is 0 Å². The molecule has 0 atom stereocenters. The molecule has 0 aliphatic rings. The molecular formula is C14H13BO. The van der Waals surface area contributed by atoms with E-state index in [-0.39, 0.29) is 6.61 Å². The molecule has 0 aliphatic carbocycles. The van der Waals surface area contributed by atoms with Crippen LogP contribution in [0.5, 0.6) is 0 Å². The number of aliphatic hydroxyl groups excluding tert-OH is 1. The van der Waals surface area contributed by atoms with Crippen LogP contribution in [0.25, 0.3) is 11.1 Å². The molecule has 0 spiro atoms. The van der Waals surface area contributed by atoms with Crippen molar-refractivity contribution in [2.24, 2.45) is 0 Å². The van der Waals surface area contributed by atoms with Gasteiger partial charge in [-0.3, -0.25) is 0 Å². The van der Waals surface area contributed by atoms with Crippen LogP contribution in [-0.2, 0) is 6.61 Å². The van der Waals surface area contributed by atoms with Crippen molar-refractivity contribution in [3.05, 3.63) is 53.6 Å². The molecular weight excluding hydrogens is 195 g/mol. The molecule has 0 amide bonds. The van der Waals surface area contributed by atoms with Crippen LogP contribution in [0.2, 0.25) is 0 Å². The number of aryl methyl sites for hydroxylation is 1. The van der Waals surface area contributed by atoms with E-state index in [9.17, 15) is 0 Å². The Morgan fingerprint density at radius 1 is 1.06 bits per heavy atom. The summed E-state index contributed by atoms with van der Waals surface area (Å²) in [6.07, 6.45) is 0. The van der Waals surface area contributed by atoms with Crippen LogP contribution in [0.1, 0.15) is 11.1 Å². The van der Waals surface area contributed by atoms with Gasteiger partial charge in [-0.2, -0.15) is 0 Å². The third kappa shape index (κ3) is 2.17. The number of benzene rings is 2. The normalized spacial score (nSPS) is 10.4. The maximum Gasteiger partial charge on any atom is 0.113 e. The predicted molar refractivity (Wildman–Crippen MR) is 67.9 cm³/mol. The zero-order valence-corrected chi connectivity index (χ0v) is 9.27. The Hall–Kier alpha value is -1.54. The first kappa shape index (κ1) is 11.0. The molecule has 0 bridgehead atoms. The van der Waals surface area contributed by atoms with E-state index in [1.54, 1.807) is 0 Å². The zero-order chi connectivity index (χ0) is 11.5. The third-order valence-corrected chi connectivity index (χ3v) is 2.70. The first-order chi connectivity index (χ1) is 7.70. The van der Waals surface area contributed by atoms with Gasteiger partial charge in [0.15, 0.2) is 0 Å². The van der Waals surface area contributed by atoms with Crippen LogP contribution in [-0.4, -0.2) is 13.0 Å². The van der Waals surface area contributed by atoms with Gasteiger partial charge >= 0.3 is 0 Å². The zero-order valence-electron chi connectivity index (χ0n) is 9.27. The number of hydrogen-bond donors (Lipinski definition) is 1. The van der Waals surface area contributed by atoms with Crippen LogP contribution >= 0.6 is 0 Å². The molecule has 0 unspecified atom stereocenters. The minimum absolute atomic E-state index is 0.0843. The molecule has 2 rings (SSSR count). The highest BCUT2D eigenvalue weighted by Gasteiger charge is 2.01. The largest absolute Gasteiger partial charge is 0.392 e. The highest BCUT2D eigenvalue weighted by atomic mass is 16.3. The smallest absolute Gasteiger partial charge is 0.113 e. The Bertz CT molecular complexity index is 489. The van der Waals surface area contributed by atoms with Gasteiger partial charge in [-0.25, -0.2) is 0 Å². The second kappa shape index (κ2) is 4.54. The van der Waals surface area contributed by atoms with E-state index in [4.69, 9.17) is 13.0 Å². The maximum absolute atomic E-state index is 8.97. The molecule has 0 heterocycles. The van der Waals surface area contributed by atoms with Gasteiger partial charge in [0.1, 0.15) is 7.85 Å². The summed E-state index contributed by atoms with van der Waals surface area (Å²) in [5.74, 6) is 0. The van der Waals surface area contributed by atoms with Gasteiger partial charge in [0.25, 0.3) is 0 Å². The number of hydrogen-bond acceptors (Lipinski definition) is 1. The number of rotatable bonds is 2. The van der Waals surface area contributed by atoms with Crippen molar-refractivity contribution in [1.29, 1.82) is 0 Å². The van der Waals surface area contributed by atoms with Crippen molar-refractivity contribution >= 4 is 13.3 Å². The minimum atomic E-state index is 0.0843. The standard InChI is InChI=1S/C14H13BO/c1-10-8-13(15)6-7-14(10)12-4-2-11(9-16)3-5-12/h2-8,16H,9H2,1H3. The second-order valence-corrected chi connectivity index (χ2v) is 3.93. The van der Waals surface area contributed by atoms with Crippen LogP contribution in [0.4, 0.5) is 0 Å². The average Bonchev–Trinajstić information content (AvgIpc) is 2.29. The van der Waals surface area contributed by atoms with Crippen molar-refractivity contribution in [1.82, 2.24) is 0 Å². The van der Waals surface area contributed by atoms with E-state index < -0.39 is 0 Å². The molecule has 0 aliphatic heterocycles. The molecule has 2 radical (unpaired) electrons. The van der Waals surface area contributed by atoms with E-state index in [2.05, 4.69) is 0 Å². The molecule has 16 heavy (non-hydrogen) atoms. The van der Waals surface area contributed by atoms with Crippen LogP contribution in [0.15, 0.2) is 42.5 Å². The average molecular weight is 208 g/mol. The quantitative estimate of drug-likeness (QED) is 0.747. The summed E-state index contributed by atoms with van der Waals surface area (Å²) in [7, 11) is 5.72. The fraction of sp³-hybridized carbons (Fsp3) is 0.143. The maximum atomic E-state index is 8.97. The van der Waals surface area contributed by atoms with E-state index >= 15 is 0 Å². The highest BCUT2D eigenvalue weighted by molar-refractivity contribution is 6.32. The van der Waals surface area contributed by atoms with Crippen molar-refractivity contribution in [3.63, 3.8) is 0 Å². The minimum Gasteiger partial charge on any atom is -0.392 e. The summed E-state index contributed by atoms with van der Waals surface area (Å²) in [4.78, 5) is 0. The van der Waals surface area contributed by atoms with Gasteiger partial charge in [0.2, 0.25) is 0 Å². The molecule has 0 saturated carbocycles. The lowest BCUT2D eigenvalue weighted by atomic mass is 9.90. The Morgan fingerprint density at radius 2 is 1.75 bits per heavy atom.